The van der Waals surface area contributed by atoms with Gasteiger partial charge in [0.05, 0.1) is 12.7 Å². The standard InChI is InChI=1S/C20H13F4N3O4/c1-26-16(20(22,23)24)9-17(28)27(19(26)29)15-7-12(21)6-11(10-25)18(15)31-14-5-3-4-13(8-14)30-2/h3-9H,1-2H3. The Hall–Kier alpha value is -4.07. The third kappa shape index (κ3) is 4.13. The summed E-state index contributed by atoms with van der Waals surface area (Å²) in [5, 5.41) is 9.40. The fourth-order valence-electron chi connectivity index (χ4n) is 2.84. The number of nitrogens with zero attached hydrogens (tertiary/aromatic N) is 3. The van der Waals surface area contributed by atoms with Crippen LogP contribution in [0.3, 0.4) is 0 Å². The molecule has 0 saturated heterocycles. The van der Waals surface area contributed by atoms with Crippen LogP contribution in [0.15, 0.2) is 52.1 Å². The van der Waals surface area contributed by atoms with Crippen molar-refractivity contribution in [1.82, 2.24) is 9.13 Å². The number of benzene rings is 2. The minimum atomic E-state index is -4.97. The molecule has 160 valence electrons. The first-order chi connectivity index (χ1) is 14.6. The van der Waals surface area contributed by atoms with Crippen LogP contribution in [0.1, 0.15) is 11.3 Å². The van der Waals surface area contributed by atoms with Crippen molar-refractivity contribution in [3.63, 3.8) is 0 Å². The van der Waals surface area contributed by atoms with E-state index >= 15 is 0 Å². The Morgan fingerprint density at radius 3 is 2.35 bits per heavy atom. The Kier molecular flexibility index (Phi) is 5.57. The SMILES string of the molecule is COc1cccc(Oc2c(C#N)cc(F)cc2-n2c(=O)cc(C(F)(F)F)n(C)c2=O)c1. The Bertz CT molecular complexity index is 1320. The molecule has 0 bridgehead atoms. The Labute approximate surface area is 171 Å². The van der Waals surface area contributed by atoms with Crippen molar-refractivity contribution >= 4 is 0 Å². The highest BCUT2D eigenvalue weighted by atomic mass is 19.4. The van der Waals surface area contributed by atoms with Gasteiger partial charge in [0, 0.05) is 25.2 Å². The van der Waals surface area contributed by atoms with Crippen LogP contribution in [-0.4, -0.2) is 16.2 Å². The zero-order valence-electron chi connectivity index (χ0n) is 16.0. The van der Waals surface area contributed by atoms with Gasteiger partial charge in [0.2, 0.25) is 0 Å². The molecule has 0 atom stereocenters. The van der Waals surface area contributed by atoms with E-state index < -0.39 is 40.4 Å². The second-order valence-electron chi connectivity index (χ2n) is 6.24. The van der Waals surface area contributed by atoms with Gasteiger partial charge in [-0.1, -0.05) is 6.07 Å². The van der Waals surface area contributed by atoms with Crippen molar-refractivity contribution in [2.45, 2.75) is 6.18 Å². The lowest BCUT2D eigenvalue weighted by Crippen LogP contribution is -2.40. The molecule has 31 heavy (non-hydrogen) atoms. The molecule has 0 N–H and O–H groups in total. The van der Waals surface area contributed by atoms with Crippen molar-refractivity contribution < 1.29 is 27.0 Å². The Balaban J connectivity index is 2.31. The molecule has 0 aliphatic heterocycles. The predicted octanol–water partition coefficient (Wildman–Crippen LogP) is 3.37. The molecular weight excluding hydrogens is 422 g/mol. The number of methoxy groups -OCH3 is 1. The van der Waals surface area contributed by atoms with Crippen LogP contribution in [0.4, 0.5) is 17.6 Å². The van der Waals surface area contributed by atoms with Crippen LogP contribution in [0.2, 0.25) is 0 Å². The molecule has 3 aromatic rings. The highest BCUT2D eigenvalue weighted by Gasteiger charge is 2.35. The zero-order valence-corrected chi connectivity index (χ0v) is 16.0. The van der Waals surface area contributed by atoms with Gasteiger partial charge in [-0.25, -0.2) is 13.8 Å². The average molecular weight is 435 g/mol. The number of alkyl halides is 3. The van der Waals surface area contributed by atoms with Crippen molar-refractivity contribution in [3.8, 4) is 29.0 Å². The number of hydrogen-bond acceptors (Lipinski definition) is 5. The maximum absolute atomic E-state index is 14.1. The van der Waals surface area contributed by atoms with Gasteiger partial charge in [0.15, 0.2) is 5.75 Å². The summed E-state index contributed by atoms with van der Waals surface area (Å²) in [5.74, 6) is -0.905. The van der Waals surface area contributed by atoms with E-state index in [1.165, 1.54) is 19.2 Å². The van der Waals surface area contributed by atoms with Crippen molar-refractivity contribution in [3.05, 3.63) is 80.4 Å². The average Bonchev–Trinajstić information content (AvgIpc) is 2.71. The largest absolute Gasteiger partial charge is 0.497 e. The van der Waals surface area contributed by atoms with Gasteiger partial charge < -0.3 is 9.47 Å². The molecule has 0 radical (unpaired) electrons. The van der Waals surface area contributed by atoms with Crippen LogP contribution < -0.4 is 20.7 Å². The van der Waals surface area contributed by atoms with E-state index in [-0.39, 0.29) is 21.9 Å². The van der Waals surface area contributed by atoms with Gasteiger partial charge in [-0.3, -0.25) is 9.36 Å². The van der Waals surface area contributed by atoms with Crippen LogP contribution in [0, 0.1) is 17.1 Å². The topological polar surface area (TPSA) is 86.2 Å². The third-order valence-corrected chi connectivity index (χ3v) is 4.27. The van der Waals surface area contributed by atoms with E-state index in [4.69, 9.17) is 9.47 Å². The van der Waals surface area contributed by atoms with Crippen LogP contribution in [0.5, 0.6) is 17.2 Å². The van der Waals surface area contributed by atoms with Crippen LogP contribution in [-0.2, 0) is 13.2 Å². The molecule has 0 amide bonds. The second-order valence-corrected chi connectivity index (χ2v) is 6.24. The highest BCUT2D eigenvalue weighted by molar-refractivity contribution is 5.58. The van der Waals surface area contributed by atoms with Gasteiger partial charge in [-0.05, 0) is 18.2 Å². The normalized spacial score (nSPS) is 11.1. The first-order valence-electron chi connectivity index (χ1n) is 8.53. The number of hydrogen-bond donors (Lipinski definition) is 0. The lowest BCUT2D eigenvalue weighted by molar-refractivity contribution is -0.144. The fraction of sp³-hybridized carbons (Fsp3) is 0.150. The summed E-state index contributed by atoms with van der Waals surface area (Å²) in [4.78, 5) is 25.1. The number of nitriles is 1. The molecule has 2 aromatic carbocycles. The van der Waals surface area contributed by atoms with E-state index in [1.54, 1.807) is 18.2 Å². The first-order valence-corrected chi connectivity index (χ1v) is 8.53. The maximum Gasteiger partial charge on any atom is 0.431 e. The number of rotatable bonds is 4. The molecule has 7 nitrogen and oxygen atoms in total. The molecule has 0 saturated carbocycles. The van der Waals surface area contributed by atoms with Crippen molar-refractivity contribution in [2.75, 3.05) is 7.11 Å². The van der Waals surface area contributed by atoms with Crippen molar-refractivity contribution in [1.29, 1.82) is 5.26 Å². The highest BCUT2D eigenvalue weighted by Crippen LogP contribution is 2.33. The summed E-state index contributed by atoms with van der Waals surface area (Å²) >= 11 is 0. The summed E-state index contributed by atoms with van der Waals surface area (Å²) in [6.07, 6.45) is -4.97. The van der Waals surface area contributed by atoms with E-state index in [2.05, 4.69) is 0 Å². The van der Waals surface area contributed by atoms with Gasteiger partial charge >= 0.3 is 11.9 Å². The summed E-state index contributed by atoms with van der Waals surface area (Å²) in [6.45, 7) is 0. The lowest BCUT2D eigenvalue weighted by atomic mass is 10.1. The fourth-order valence-corrected chi connectivity index (χ4v) is 2.84. The quantitative estimate of drug-likeness (QED) is 0.587. The predicted molar refractivity (Wildman–Crippen MR) is 100 cm³/mol. The Morgan fingerprint density at radius 2 is 1.74 bits per heavy atom. The molecule has 1 aromatic heterocycles. The molecular formula is C20H13F4N3O4. The number of aromatic nitrogens is 2. The molecule has 0 aliphatic carbocycles. The molecule has 0 fully saturated rings. The monoisotopic (exact) mass is 435 g/mol. The molecule has 0 aliphatic rings. The maximum atomic E-state index is 14.1. The summed E-state index contributed by atoms with van der Waals surface area (Å²) in [7, 11) is 2.21. The third-order valence-electron chi connectivity index (χ3n) is 4.27. The van der Waals surface area contributed by atoms with E-state index in [0.29, 0.717) is 16.4 Å². The van der Waals surface area contributed by atoms with Crippen LogP contribution >= 0.6 is 0 Å². The van der Waals surface area contributed by atoms with E-state index in [1.807, 2.05) is 0 Å². The van der Waals surface area contributed by atoms with Crippen molar-refractivity contribution in [2.24, 2.45) is 7.05 Å². The molecule has 11 heteroatoms. The molecule has 3 rings (SSSR count). The minimum Gasteiger partial charge on any atom is -0.497 e. The van der Waals surface area contributed by atoms with Crippen LogP contribution in [0.25, 0.3) is 5.69 Å². The van der Waals surface area contributed by atoms with Gasteiger partial charge in [0.25, 0.3) is 5.56 Å². The molecule has 0 spiro atoms. The van der Waals surface area contributed by atoms with E-state index in [9.17, 15) is 32.4 Å². The Morgan fingerprint density at radius 1 is 1.06 bits per heavy atom. The summed E-state index contributed by atoms with van der Waals surface area (Å²) in [6, 6.07) is 9.43. The molecule has 0 unspecified atom stereocenters. The number of ether oxygens (including phenoxy) is 2. The summed E-state index contributed by atoms with van der Waals surface area (Å²) < 4.78 is 64.7. The number of halogens is 4. The van der Waals surface area contributed by atoms with Gasteiger partial charge in [0.1, 0.15) is 34.8 Å². The first kappa shape index (κ1) is 21.6. The van der Waals surface area contributed by atoms with E-state index in [0.717, 1.165) is 13.1 Å². The molecule has 1 heterocycles. The zero-order chi connectivity index (χ0) is 22.9. The smallest absolute Gasteiger partial charge is 0.431 e. The van der Waals surface area contributed by atoms with Gasteiger partial charge in [-0.2, -0.15) is 18.4 Å². The second kappa shape index (κ2) is 7.98. The minimum absolute atomic E-state index is 0.112. The summed E-state index contributed by atoms with van der Waals surface area (Å²) in [5.41, 5.74) is -5.17. The van der Waals surface area contributed by atoms with Gasteiger partial charge in [-0.15, -0.1) is 0 Å². The lowest BCUT2D eigenvalue weighted by Gasteiger charge is -2.17.